The Kier molecular flexibility index (Phi) is 8.44. The topological polar surface area (TPSA) is 142 Å². The van der Waals surface area contributed by atoms with Gasteiger partial charge in [0.25, 0.3) is 5.91 Å². The third-order valence-electron chi connectivity index (χ3n) is 7.57. The first-order valence-corrected chi connectivity index (χ1v) is 14.2. The van der Waals surface area contributed by atoms with Crippen molar-refractivity contribution in [2.45, 2.75) is 0 Å². The van der Waals surface area contributed by atoms with Crippen LogP contribution in [0.25, 0.3) is 17.1 Å². The van der Waals surface area contributed by atoms with Gasteiger partial charge in [-0.25, -0.2) is 4.39 Å². The molecule has 2 saturated heterocycles. The molecule has 0 unspecified atom stereocenters. The number of morpholine rings is 1. The summed E-state index contributed by atoms with van der Waals surface area (Å²) in [7, 11) is 0. The van der Waals surface area contributed by atoms with Gasteiger partial charge in [0.05, 0.1) is 25.2 Å². The van der Waals surface area contributed by atoms with E-state index < -0.39 is 0 Å². The molecule has 3 aromatic heterocycles. The van der Waals surface area contributed by atoms with Crippen LogP contribution >= 0.6 is 0 Å². The van der Waals surface area contributed by atoms with Crippen molar-refractivity contribution in [3.05, 3.63) is 54.0 Å². The van der Waals surface area contributed by atoms with E-state index in [0.717, 1.165) is 39.3 Å². The summed E-state index contributed by atoms with van der Waals surface area (Å²) in [4.78, 5) is 27.9. The van der Waals surface area contributed by atoms with E-state index in [0.29, 0.717) is 73.7 Å². The number of fused-ring (bicyclic) bond motifs is 1. The number of nitrogen functional groups attached to an aromatic ring is 1. The third kappa shape index (κ3) is 6.45. The van der Waals surface area contributed by atoms with Crippen LogP contribution in [0.2, 0.25) is 0 Å². The van der Waals surface area contributed by atoms with Gasteiger partial charge < -0.3 is 30.4 Å². The van der Waals surface area contributed by atoms with Crippen LogP contribution in [-0.2, 0) is 4.74 Å². The van der Waals surface area contributed by atoms with Crippen LogP contribution in [0.15, 0.2) is 47.1 Å². The molecule has 222 valence electrons. The average Bonchev–Trinajstić information content (AvgIpc) is 3.69. The highest BCUT2D eigenvalue weighted by Gasteiger charge is 2.21. The number of halogens is 1. The van der Waals surface area contributed by atoms with E-state index in [1.807, 2.05) is 11.0 Å². The number of ether oxygens (including phenoxy) is 1. The third-order valence-corrected chi connectivity index (χ3v) is 7.57. The fraction of sp³-hybridized carbons (Fsp3) is 0.429. The molecule has 0 saturated carbocycles. The number of nitrogens with zero attached hydrogens (tertiary/aromatic N) is 7. The Hall–Kier alpha value is -4.27. The highest BCUT2D eigenvalue weighted by atomic mass is 19.1. The summed E-state index contributed by atoms with van der Waals surface area (Å²) < 4.78 is 27.2. The number of carbonyl (C=O) groups excluding carboxylic acids is 1. The molecule has 0 bridgehead atoms. The molecular formula is C28H35FN10O3. The first-order chi connectivity index (χ1) is 20.5. The van der Waals surface area contributed by atoms with E-state index in [1.54, 1.807) is 30.5 Å². The van der Waals surface area contributed by atoms with Crippen molar-refractivity contribution in [1.29, 1.82) is 0 Å². The second-order valence-corrected chi connectivity index (χ2v) is 10.3. The summed E-state index contributed by atoms with van der Waals surface area (Å²) in [5, 5.41) is 10.5. The molecule has 14 heteroatoms. The van der Waals surface area contributed by atoms with Crippen molar-refractivity contribution in [3.8, 4) is 11.5 Å². The number of piperazine rings is 1. The van der Waals surface area contributed by atoms with Crippen molar-refractivity contribution in [2.24, 2.45) is 0 Å². The van der Waals surface area contributed by atoms with Crippen LogP contribution < -0.4 is 21.3 Å². The first kappa shape index (κ1) is 27.9. The molecular weight excluding hydrogens is 543 g/mol. The number of nitrogens with two attached hydrogens (primary N) is 1. The van der Waals surface area contributed by atoms with Crippen LogP contribution in [0.1, 0.15) is 10.4 Å². The van der Waals surface area contributed by atoms with Crippen LogP contribution in [-0.4, -0.2) is 114 Å². The number of hydrogen-bond donors (Lipinski definition) is 3. The summed E-state index contributed by atoms with van der Waals surface area (Å²) in [6, 6.07) is 10.1. The molecule has 2 fully saturated rings. The molecule has 13 nitrogen and oxygen atoms in total. The van der Waals surface area contributed by atoms with Gasteiger partial charge in [-0.2, -0.15) is 19.6 Å². The monoisotopic (exact) mass is 578 g/mol. The van der Waals surface area contributed by atoms with Gasteiger partial charge in [0.2, 0.25) is 11.9 Å². The zero-order valence-electron chi connectivity index (χ0n) is 23.3. The van der Waals surface area contributed by atoms with Crippen molar-refractivity contribution in [2.75, 3.05) is 94.6 Å². The highest BCUT2D eigenvalue weighted by molar-refractivity contribution is 5.94. The van der Waals surface area contributed by atoms with E-state index in [4.69, 9.17) is 14.9 Å². The Labute approximate surface area is 242 Å². The van der Waals surface area contributed by atoms with Gasteiger partial charge in [0, 0.05) is 77.1 Å². The van der Waals surface area contributed by atoms with Crippen molar-refractivity contribution >= 4 is 29.1 Å². The van der Waals surface area contributed by atoms with Gasteiger partial charge in [-0.3, -0.25) is 14.6 Å². The SMILES string of the molecule is Nc1nc(NCCN2CCN(c3ccc(C(=O)NCCN4CCOCC4)cc3F)CC2)nc2cc(-c3ccco3)nn12. The minimum Gasteiger partial charge on any atom is -0.463 e. The fourth-order valence-electron chi connectivity index (χ4n) is 5.23. The van der Waals surface area contributed by atoms with Crippen LogP contribution in [0.4, 0.5) is 22.0 Å². The number of furan rings is 1. The molecule has 42 heavy (non-hydrogen) atoms. The molecule has 0 spiro atoms. The minimum atomic E-state index is -0.383. The van der Waals surface area contributed by atoms with Gasteiger partial charge in [-0.1, -0.05) is 0 Å². The van der Waals surface area contributed by atoms with Crippen molar-refractivity contribution < 1.29 is 18.3 Å². The molecule has 0 aliphatic carbocycles. The second kappa shape index (κ2) is 12.7. The van der Waals surface area contributed by atoms with Gasteiger partial charge in [-0.15, -0.1) is 0 Å². The lowest BCUT2D eigenvalue weighted by Crippen LogP contribution is -2.48. The van der Waals surface area contributed by atoms with E-state index in [-0.39, 0.29) is 17.7 Å². The van der Waals surface area contributed by atoms with Crippen molar-refractivity contribution in [3.63, 3.8) is 0 Å². The predicted molar refractivity (Wildman–Crippen MR) is 156 cm³/mol. The van der Waals surface area contributed by atoms with Gasteiger partial charge in [0.15, 0.2) is 11.4 Å². The minimum absolute atomic E-state index is 0.229. The lowest BCUT2D eigenvalue weighted by molar-refractivity contribution is 0.0383. The number of hydrogen-bond acceptors (Lipinski definition) is 11. The standard InChI is InChI=1S/C28H35FN10O3/c29-21-18-20(26(40)31-5-7-37-13-16-41-17-14-37)3-4-23(21)38-11-9-36(10-12-38)8-6-32-28-33-25-19-22(24-2-1-15-42-24)35-39(25)27(30)34-28/h1-4,15,18-19H,5-14,16-17H2,(H,31,40)(H3,30,32,33,34). The Morgan fingerprint density at radius 1 is 0.976 bits per heavy atom. The number of carbonyl (C=O) groups is 1. The van der Waals surface area contributed by atoms with Crippen molar-refractivity contribution in [1.82, 2.24) is 34.7 Å². The summed E-state index contributed by atoms with van der Waals surface area (Å²) >= 11 is 0. The summed E-state index contributed by atoms with van der Waals surface area (Å²) in [5.41, 5.74) is 8.15. The molecule has 1 aromatic carbocycles. The van der Waals surface area contributed by atoms with Gasteiger partial charge in [-0.05, 0) is 30.3 Å². The number of benzene rings is 1. The lowest BCUT2D eigenvalue weighted by Gasteiger charge is -2.36. The molecule has 2 aliphatic heterocycles. The summed E-state index contributed by atoms with van der Waals surface area (Å²) in [6.45, 7) is 8.75. The molecule has 1 amide bonds. The van der Waals surface area contributed by atoms with E-state index >= 15 is 4.39 Å². The Morgan fingerprint density at radius 3 is 2.52 bits per heavy atom. The number of amides is 1. The number of nitrogens with one attached hydrogen (secondary N) is 2. The highest BCUT2D eigenvalue weighted by Crippen LogP contribution is 2.23. The molecule has 0 radical (unpaired) electrons. The second-order valence-electron chi connectivity index (χ2n) is 10.3. The van der Waals surface area contributed by atoms with E-state index in [1.165, 1.54) is 10.6 Å². The number of aromatic nitrogens is 4. The Morgan fingerprint density at radius 2 is 1.76 bits per heavy atom. The normalized spacial score (nSPS) is 16.6. The first-order valence-electron chi connectivity index (χ1n) is 14.2. The molecule has 4 aromatic rings. The maximum Gasteiger partial charge on any atom is 0.251 e. The molecule has 6 rings (SSSR count). The van der Waals surface area contributed by atoms with Gasteiger partial charge >= 0.3 is 0 Å². The number of rotatable bonds is 10. The van der Waals surface area contributed by atoms with E-state index in [9.17, 15) is 4.79 Å². The quantitative estimate of drug-likeness (QED) is 0.251. The Balaban J connectivity index is 0.955. The smallest absolute Gasteiger partial charge is 0.251 e. The zero-order valence-corrected chi connectivity index (χ0v) is 23.3. The van der Waals surface area contributed by atoms with Crippen LogP contribution in [0, 0.1) is 5.82 Å². The van der Waals surface area contributed by atoms with Crippen LogP contribution in [0.5, 0.6) is 0 Å². The lowest BCUT2D eigenvalue weighted by atomic mass is 10.1. The average molecular weight is 579 g/mol. The fourth-order valence-corrected chi connectivity index (χ4v) is 5.23. The predicted octanol–water partition coefficient (Wildman–Crippen LogP) is 1.40. The van der Waals surface area contributed by atoms with Gasteiger partial charge in [0.1, 0.15) is 11.5 Å². The maximum absolute atomic E-state index is 15.0. The molecule has 5 heterocycles. The Bertz CT molecular complexity index is 1500. The number of anilines is 3. The van der Waals surface area contributed by atoms with E-state index in [2.05, 4.69) is 35.5 Å². The van der Waals surface area contributed by atoms with Crippen LogP contribution in [0.3, 0.4) is 0 Å². The largest absolute Gasteiger partial charge is 0.463 e. The summed E-state index contributed by atoms with van der Waals surface area (Å²) in [5.74, 6) is 0.641. The molecule has 2 aliphatic rings. The maximum atomic E-state index is 15.0. The molecule has 0 atom stereocenters. The molecule has 4 N–H and O–H groups in total. The zero-order chi connectivity index (χ0) is 28.9. The summed E-state index contributed by atoms with van der Waals surface area (Å²) in [6.07, 6.45) is 1.59.